The number of hydrogen-bond donors (Lipinski definition) is 0. The normalized spacial score (nSPS) is 10.9. The molecule has 1 heterocycles. The van der Waals surface area contributed by atoms with Crippen LogP contribution in [0.4, 0.5) is 5.69 Å². The second-order valence-corrected chi connectivity index (χ2v) is 4.09. The highest BCUT2D eigenvalue weighted by Gasteiger charge is 2.05. The molecule has 0 atom stereocenters. The Balaban J connectivity index is 2.47. The first kappa shape index (κ1) is 9.97. The average molecular weight is 200 g/mol. The van der Waals surface area contributed by atoms with E-state index in [4.69, 9.17) is 0 Å². The molecule has 0 bridgehead atoms. The van der Waals surface area contributed by atoms with Crippen LogP contribution in [0, 0.1) is 0 Å². The Bertz CT molecular complexity index is 463. The van der Waals surface area contributed by atoms with Gasteiger partial charge in [-0.15, -0.1) is 0 Å². The molecular weight excluding hydrogens is 184 g/mol. The number of fused-ring (bicyclic) bond motifs is 1. The summed E-state index contributed by atoms with van der Waals surface area (Å²) >= 11 is 0. The maximum absolute atomic E-state index is 4.44. The van der Waals surface area contributed by atoms with Crippen molar-refractivity contribution < 1.29 is 0 Å². The van der Waals surface area contributed by atoms with Crippen LogP contribution in [0.25, 0.3) is 10.9 Å². The highest BCUT2D eigenvalue weighted by atomic mass is 15.1. The van der Waals surface area contributed by atoms with E-state index >= 15 is 0 Å². The molecule has 0 amide bonds. The molecule has 0 unspecified atom stereocenters. The Hall–Kier alpha value is -1.57. The summed E-state index contributed by atoms with van der Waals surface area (Å²) in [5.74, 6) is 0. The van der Waals surface area contributed by atoms with Crippen LogP contribution in [0.5, 0.6) is 0 Å². The molecule has 15 heavy (non-hydrogen) atoms. The smallest absolute Gasteiger partial charge is 0.0703 e. The minimum absolute atomic E-state index is 0.493. The molecule has 2 rings (SSSR count). The standard InChI is InChI=1S/C13H16N2/c1-10(2)15(3)12-8-11-6-4-5-7-13(11)14-9-12/h4-10H,1-3H3. The quantitative estimate of drug-likeness (QED) is 0.740. The van der Waals surface area contributed by atoms with Crippen molar-refractivity contribution in [3.8, 4) is 0 Å². The lowest BCUT2D eigenvalue weighted by atomic mass is 10.2. The van der Waals surface area contributed by atoms with Crippen LogP contribution in [0.1, 0.15) is 13.8 Å². The number of pyridine rings is 1. The number of nitrogens with zero attached hydrogens (tertiary/aromatic N) is 2. The largest absolute Gasteiger partial charge is 0.371 e. The molecule has 2 nitrogen and oxygen atoms in total. The van der Waals surface area contributed by atoms with Crippen molar-refractivity contribution in [2.75, 3.05) is 11.9 Å². The van der Waals surface area contributed by atoms with Crippen LogP contribution in [-0.2, 0) is 0 Å². The van der Waals surface area contributed by atoms with E-state index in [1.807, 2.05) is 24.4 Å². The van der Waals surface area contributed by atoms with Gasteiger partial charge in [0.05, 0.1) is 17.4 Å². The minimum Gasteiger partial charge on any atom is -0.371 e. The zero-order valence-electron chi connectivity index (χ0n) is 9.44. The summed E-state index contributed by atoms with van der Waals surface area (Å²) in [5.41, 5.74) is 2.22. The molecule has 0 aliphatic carbocycles. The minimum atomic E-state index is 0.493. The number of aromatic nitrogens is 1. The molecule has 1 aromatic heterocycles. The van der Waals surface area contributed by atoms with E-state index in [2.05, 4.69) is 42.9 Å². The maximum atomic E-state index is 4.44. The Morgan fingerprint density at radius 2 is 1.93 bits per heavy atom. The van der Waals surface area contributed by atoms with Gasteiger partial charge in [0.2, 0.25) is 0 Å². The lowest BCUT2D eigenvalue weighted by Gasteiger charge is -2.23. The number of hydrogen-bond acceptors (Lipinski definition) is 2. The van der Waals surface area contributed by atoms with E-state index in [0.29, 0.717) is 6.04 Å². The SMILES string of the molecule is CC(C)N(C)c1cnc2ccccc2c1. The van der Waals surface area contributed by atoms with Crippen LogP contribution in [0.3, 0.4) is 0 Å². The summed E-state index contributed by atoms with van der Waals surface area (Å²) in [5, 5.41) is 1.20. The van der Waals surface area contributed by atoms with Gasteiger partial charge in [0.15, 0.2) is 0 Å². The fourth-order valence-corrected chi connectivity index (χ4v) is 1.55. The Kier molecular flexibility index (Phi) is 2.58. The van der Waals surface area contributed by atoms with E-state index in [1.54, 1.807) is 0 Å². The molecule has 78 valence electrons. The number of rotatable bonds is 2. The summed E-state index contributed by atoms with van der Waals surface area (Å²) in [6, 6.07) is 10.9. The van der Waals surface area contributed by atoms with Gasteiger partial charge in [-0.05, 0) is 26.0 Å². The maximum Gasteiger partial charge on any atom is 0.0703 e. The second kappa shape index (κ2) is 3.89. The number of para-hydroxylation sites is 1. The zero-order chi connectivity index (χ0) is 10.8. The molecule has 1 aromatic carbocycles. The summed E-state index contributed by atoms with van der Waals surface area (Å²) in [4.78, 5) is 6.66. The van der Waals surface area contributed by atoms with Crippen molar-refractivity contribution in [2.45, 2.75) is 19.9 Å². The number of benzene rings is 1. The van der Waals surface area contributed by atoms with Gasteiger partial charge in [-0.2, -0.15) is 0 Å². The Labute approximate surface area is 90.6 Å². The molecule has 2 heteroatoms. The molecule has 0 aliphatic heterocycles. The third-order valence-electron chi connectivity index (χ3n) is 2.76. The fourth-order valence-electron chi connectivity index (χ4n) is 1.55. The van der Waals surface area contributed by atoms with Crippen molar-refractivity contribution in [1.82, 2.24) is 4.98 Å². The highest BCUT2D eigenvalue weighted by molar-refractivity contribution is 5.81. The molecule has 0 fully saturated rings. The molecule has 0 radical (unpaired) electrons. The van der Waals surface area contributed by atoms with Gasteiger partial charge in [0.1, 0.15) is 0 Å². The van der Waals surface area contributed by atoms with Crippen molar-refractivity contribution in [1.29, 1.82) is 0 Å². The van der Waals surface area contributed by atoms with Crippen LogP contribution in [0.15, 0.2) is 36.5 Å². The molecule has 0 aliphatic rings. The zero-order valence-corrected chi connectivity index (χ0v) is 9.44. The third-order valence-corrected chi connectivity index (χ3v) is 2.76. The first-order chi connectivity index (χ1) is 7.18. The van der Waals surface area contributed by atoms with Crippen molar-refractivity contribution >= 4 is 16.6 Å². The number of anilines is 1. The van der Waals surface area contributed by atoms with Crippen LogP contribution >= 0.6 is 0 Å². The van der Waals surface area contributed by atoms with Gasteiger partial charge in [-0.25, -0.2) is 0 Å². The van der Waals surface area contributed by atoms with Gasteiger partial charge in [-0.1, -0.05) is 18.2 Å². The predicted octanol–water partition coefficient (Wildman–Crippen LogP) is 3.08. The molecule has 0 N–H and O–H groups in total. The van der Waals surface area contributed by atoms with Crippen LogP contribution in [-0.4, -0.2) is 18.1 Å². The fraction of sp³-hybridized carbons (Fsp3) is 0.308. The van der Waals surface area contributed by atoms with Gasteiger partial charge in [-0.3, -0.25) is 4.98 Å². The predicted molar refractivity (Wildman–Crippen MR) is 65.3 cm³/mol. The van der Waals surface area contributed by atoms with Gasteiger partial charge in [0, 0.05) is 18.5 Å². The lowest BCUT2D eigenvalue weighted by Crippen LogP contribution is -2.25. The average Bonchev–Trinajstić information content (AvgIpc) is 2.27. The first-order valence-electron chi connectivity index (χ1n) is 5.26. The van der Waals surface area contributed by atoms with Gasteiger partial charge in [0.25, 0.3) is 0 Å². The third kappa shape index (κ3) is 1.94. The highest BCUT2D eigenvalue weighted by Crippen LogP contribution is 2.19. The topological polar surface area (TPSA) is 16.1 Å². The summed E-state index contributed by atoms with van der Waals surface area (Å²) in [6.07, 6.45) is 1.93. The first-order valence-corrected chi connectivity index (χ1v) is 5.26. The molecule has 0 saturated heterocycles. The molecule has 0 saturated carbocycles. The Morgan fingerprint density at radius 3 is 2.67 bits per heavy atom. The lowest BCUT2D eigenvalue weighted by molar-refractivity contribution is 0.754. The van der Waals surface area contributed by atoms with E-state index in [9.17, 15) is 0 Å². The summed E-state index contributed by atoms with van der Waals surface area (Å²) in [7, 11) is 2.09. The van der Waals surface area contributed by atoms with Crippen molar-refractivity contribution in [2.24, 2.45) is 0 Å². The molecule has 2 aromatic rings. The summed E-state index contributed by atoms with van der Waals surface area (Å²) < 4.78 is 0. The van der Waals surface area contributed by atoms with E-state index in [0.717, 1.165) is 5.52 Å². The van der Waals surface area contributed by atoms with E-state index in [-0.39, 0.29) is 0 Å². The van der Waals surface area contributed by atoms with Crippen LogP contribution < -0.4 is 4.90 Å². The second-order valence-electron chi connectivity index (χ2n) is 4.09. The van der Waals surface area contributed by atoms with Crippen LogP contribution in [0.2, 0.25) is 0 Å². The van der Waals surface area contributed by atoms with Gasteiger partial charge >= 0.3 is 0 Å². The van der Waals surface area contributed by atoms with Crippen molar-refractivity contribution in [3.63, 3.8) is 0 Å². The monoisotopic (exact) mass is 200 g/mol. The van der Waals surface area contributed by atoms with Crippen molar-refractivity contribution in [3.05, 3.63) is 36.5 Å². The Morgan fingerprint density at radius 1 is 1.20 bits per heavy atom. The molecular formula is C13H16N2. The molecule has 0 spiro atoms. The van der Waals surface area contributed by atoms with E-state index < -0.39 is 0 Å². The summed E-state index contributed by atoms with van der Waals surface area (Å²) in [6.45, 7) is 4.35. The van der Waals surface area contributed by atoms with Gasteiger partial charge < -0.3 is 4.90 Å². The van der Waals surface area contributed by atoms with E-state index in [1.165, 1.54) is 11.1 Å².